The summed E-state index contributed by atoms with van der Waals surface area (Å²) in [7, 11) is 7.28. The molecule has 1 fully saturated rings. The van der Waals surface area contributed by atoms with E-state index in [0.717, 1.165) is 11.3 Å². The molecule has 1 aliphatic rings. The number of nitrogens with zero attached hydrogens (tertiary/aromatic N) is 5. The number of hydrogen-bond donors (Lipinski definition) is 5. The first-order chi connectivity index (χ1) is 33.1. The van der Waals surface area contributed by atoms with E-state index in [1.807, 2.05) is 27.7 Å². The van der Waals surface area contributed by atoms with Crippen molar-refractivity contribution >= 4 is 53.5 Å². The highest BCUT2D eigenvalue weighted by molar-refractivity contribution is 6.08. The molecule has 1 aromatic rings. The predicted molar refractivity (Wildman–Crippen MR) is 269 cm³/mol. The summed E-state index contributed by atoms with van der Waals surface area (Å²) in [6.45, 7) is 17.5. The summed E-state index contributed by atoms with van der Waals surface area (Å²) < 4.78 is 5.99. The first kappa shape index (κ1) is 61.6. The molecule has 0 saturated carbocycles. The molecule has 0 spiro atoms. The Hall–Kier alpha value is -5.47. The SMILES string of the molecule is CN[C@@H](C)C(=O)N(C)[C@@H](CC(C)C)C(=O)N[C@@H](COC(C)(C)C)C(=O)N[C@H](C(=O)N1CCCCC1)C(=O)N(C)[C@@H](C)C(=O)N(C)[C@@H](Cc1ccccc1)C(=O)N(C)[C@@H](CC(C)C)C(=O)N[C@H](C=O)[C@@H](C)O. The van der Waals surface area contributed by atoms with Crippen molar-refractivity contribution in [2.24, 2.45) is 11.8 Å². The molecule has 2 rings (SSSR count). The Bertz CT molecular complexity index is 1950. The van der Waals surface area contributed by atoms with Crippen LogP contribution >= 0.6 is 0 Å². The van der Waals surface area contributed by atoms with Crippen LogP contribution in [-0.4, -0.2) is 198 Å². The Morgan fingerprint density at radius 2 is 1.18 bits per heavy atom. The lowest BCUT2D eigenvalue weighted by molar-refractivity contribution is -0.154. The van der Waals surface area contributed by atoms with E-state index in [4.69, 9.17) is 4.74 Å². The first-order valence-corrected chi connectivity index (χ1v) is 24.8. The fourth-order valence-corrected chi connectivity index (χ4v) is 8.06. The minimum absolute atomic E-state index is 0.00363. The number of aldehydes is 1. The minimum Gasteiger partial charge on any atom is -0.391 e. The maximum Gasteiger partial charge on any atom is 0.255 e. The summed E-state index contributed by atoms with van der Waals surface area (Å²) in [5.41, 5.74) is -0.102. The monoisotopic (exact) mass is 1000 g/mol. The van der Waals surface area contributed by atoms with Crippen LogP contribution in [0.15, 0.2) is 30.3 Å². The largest absolute Gasteiger partial charge is 0.391 e. The lowest BCUT2D eigenvalue weighted by Crippen LogP contribution is -2.64. The molecular formula is C51H85N9O11. The zero-order valence-electron chi connectivity index (χ0n) is 44.9. The van der Waals surface area contributed by atoms with Gasteiger partial charge in [-0.05, 0) is 98.1 Å². The molecule has 71 heavy (non-hydrogen) atoms. The van der Waals surface area contributed by atoms with Crippen LogP contribution in [-0.2, 0) is 54.3 Å². The summed E-state index contributed by atoms with van der Waals surface area (Å²) in [5, 5.41) is 20.8. The summed E-state index contributed by atoms with van der Waals surface area (Å²) in [4.78, 5) is 132. The van der Waals surface area contributed by atoms with Gasteiger partial charge in [0.25, 0.3) is 11.8 Å². The fraction of sp³-hybridized carbons (Fsp3) is 0.706. The van der Waals surface area contributed by atoms with E-state index in [1.165, 1.54) is 61.6 Å². The summed E-state index contributed by atoms with van der Waals surface area (Å²) >= 11 is 0. The number of aliphatic hydroxyl groups is 1. The van der Waals surface area contributed by atoms with Crippen LogP contribution in [0.2, 0.25) is 0 Å². The molecule has 0 bridgehead atoms. The zero-order chi connectivity index (χ0) is 54.1. The van der Waals surface area contributed by atoms with Crippen LogP contribution in [0.1, 0.15) is 107 Å². The van der Waals surface area contributed by atoms with Crippen molar-refractivity contribution in [3.63, 3.8) is 0 Å². The van der Waals surface area contributed by atoms with E-state index in [1.54, 1.807) is 65.1 Å². The third-order valence-corrected chi connectivity index (χ3v) is 12.8. The number of nitrogens with one attached hydrogen (secondary N) is 4. The van der Waals surface area contributed by atoms with Crippen molar-refractivity contribution in [1.82, 2.24) is 45.8 Å². The average Bonchev–Trinajstić information content (AvgIpc) is 3.33. The number of piperidine rings is 1. The molecule has 0 radical (unpaired) electrons. The lowest BCUT2D eigenvalue weighted by atomic mass is 9.98. The van der Waals surface area contributed by atoms with Gasteiger partial charge in [-0.15, -0.1) is 0 Å². The quantitative estimate of drug-likeness (QED) is 0.0648. The number of ether oxygens (including phenoxy) is 1. The van der Waals surface area contributed by atoms with Gasteiger partial charge in [-0.25, -0.2) is 0 Å². The number of amides is 8. The van der Waals surface area contributed by atoms with Gasteiger partial charge in [0.2, 0.25) is 35.4 Å². The second-order valence-electron chi connectivity index (χ2n) is 20.7. The maximum absolute atomic E-state index is 14.8. The number of carbonyl (C=O) groups excluding carboxylic acids is 9. The number of aliphatic hydroxyl groups excluding tert-OH is 1. The molecule has 1 saturated heterocycles. The Balaban J connectivity index is 2.61. The van der Waals surface area contributed by atoms with Gasteiger partial charge in [-0.3, -0.25) is 38.4 Å². The third-order valence-electron chi connectivity index (χ3n) is 12.8. The van der Waals surface area contributed by atoms with Crippen molar-refractivity contribution < 1.29 is 53.0 Å². The van der Waals surface area contributed by atoms with Gasteiger partial charge in [0.1, 0.15) is 42.5 Å². The zero-order valence-corrected chi connectivity index (χ0v) is 44.9. The average molecular weight is 1000 g/mol. The van der Waals surface area contributed by atoms with Gasteiger partial charge in [0.15, 0.2) is 6.04 Å². The Kier molecular flexibility index (Phi) is 24.8. The van der Waals surface area contributed by atoms with Crippen molar-refractivity contribution in [3.05, 3.63) is 35.9 Å². The van der Waals surface area contributed by atoms with Gasteiger partial charge in [-0.1, -0.05) is 58.0 Å². The number of carbonyl (C=O) groups is 9. The molecular weight excluding hydrogens is 915 g/mol. The third kappa shape index (κ3) is 18.6. The Morgan fingerprint density at radius 3 is 1.66 bits per heavy atom. The Labute approximate surface area is 421 Å². The molecule has 0 aromatic heterocycles. The molecule has 1 aromatic carbocycles. The number of likely N-dealkylation sites (N-methyl/N-ethyl adjacent to an activating group) is 5. The van der Waals surface area contributed by atoms with E-state index in [0.29, 0.717) is 37.8 Å². The highest BCUT2D eigenvalue weighted by Gasteiger charge is 2.42. The molecule has 20 heteroatoms. The number of hydrogen-bond acceptors (Lipinski definition) is 12. The summed E-state index contributed by atoms with van der Waals surface area (Å²) in [6.07, 6.45) is 1.82. The number of rotatable bonds is 26. The Morgan fingerprint density at radius 1 is 0.676 bits per heavy atom. The highest BCUT2D eigenvalue weighted by Crippen LogP contribution is 2.20. The van der Waals surface area contributed by atoms with E-state index in [-0.39, 0.29) is 43.6 Å². The van der Waals surface area contributed by atoms with Crippen molar-refractivity contribution in [2.45, 2.75) is 168 Å². The van der Waals surface area contributed by atoms with Crippen LogP contribution in [0.5, 0.6) is 0 Å². The van der Waals surface area contributed by atoms with Gasteiger partial charge in [0.05, 0.1) is 24.4 Å². The topological polar surface area (TPSA) is 247 Å². The summed E-state index contributed by atoms with van der Waals surface area (Å²) in [6, 6.07) is -0.882. The second-order valence-corrected chi connectivity index (χ2v) is 20.7. The van der Waals surface area contributed by atoms with Crippen molar-refractivity contribution in [1.29, 1.82) is 0 Å². The van der Waals surface area contributed by atoms with Crippen molar-refractivity contribution in [2.75, 3.05) is 54.9 Å². The maximum atomic E-state index is 14.8. The molecule has 8 amide bonds. The van der Waals surface area contributed by atoms with E-state index in [9.17, 15) is 48.3 Å². The van der Waals surface area contributed by atoms with Gasteiger partial charge >= 0.3 is 0 Å². The highest BCUT2D eigenvalue weighted by atomic mass is 16.5. The molecule has 1 heterocycles. The minimum atomic E-state index is -1.85. The van der Waals surface area contributed by atoms with Crippen molar-refractivity contribution in [3.8, 4) is 0 Å². The number of benzene rings is 1. The van der Waals surface area contributed by atoms with Gasteiger partial charge in [-0.2, -0.15) is 0 Å². The van der Waals surface area contributed by atoms with Gasteiger partial charge < -0.3 is 60.4 Å². The molecule has 0 unspecified atom stereocenters. The van der Waals surface area contributed by atoms with E-state index in [2.05, 4.69) is 21.3 Å². The molecule has 1 aliphatic heterocycles. The van der Waals surface area contributed by atoms with Crippen LogP contribution in [0.4, 0.5) is 0 Å². The van der Waals surface area contributed by atoms with Crippen LogP contribution in [0, 0.1) is 11.8 Å². The van der Waals surface area contributed by atoms with E-state index >= 15 is 0 Å². The number of likely N-dealkylation sites (tertiary alicyclic amines) is 1. The predicted octanol–water partition coefficient (Wildman–Crippen LogP) is 1.12. The summed E-state index contributed by atoms with van der Waals surface area (Å²) in [5.74, 6) is -5.69. The van der Waals surface area contributed by atoms with Crippen LogP contribution in [0.25, 0.3) is 0 Å². The molecule has 9 atom stereocenters. The standard InChI is InChI=1S/C51H85N9O11/c1-31(2)26-39(57(13)46(66)33(5)52-11)45(65)54-38(30-71-51(8,9)10)43(63)55-42(50(70)60-24-20-17-21-25-60)49(69)56(12)34(6)47(67)59(15)41(28-36-22-18-16-19-23-36)48(68)58(14)40(27-32(3)4)44(64)53-37(29-61)35(7)62/h16,18-19,22-23,29,31-35,37-42,52,62H,17,20-21,24-28,30H2,1-15H3,(H,53,64)(H,54,65)(H,55,63)/t33-,34-,35+,37+,38-,39-,40-,41-,42-/m0/s1. The van der Waals surface area contributed by atoms with Crippen LogP contribution < -0.4 is 21.3 Å². The molecule has 0 aliphatic carbocycles. The van der Waals surface area contributed by atoms with Crippen LogP contribution in [0.3, 0.4) is 0 Å². The second kappa shape index (κ2) is 28.5. The molecule has 20 nitrogen and oxygen atoms in total. The first-order valence-electron chi connectivity index (χ1n) is 24.8. The van der Waals surface area contributed by atoms with E-state index < -0.39 is 101 Å². The fourth-order valence-electron chi connectivity index (χ4n) is 8.06. The normalized spacial score (nSPS) is 16.7. The molecule has 400 valence electrons. The van der Waals surface area contributed by atoms with Gasteiger partial charge in [0, 0.05) is 47.7 Å². The lowest BCUT2D eigenvalue weighted by Gasteiger charge is -2.38. The molecule has 5 N–H and O–H groups in total. The smallest absolute Gasteiger partial charge is 0.255 e.